The summed E-state index contributed by atoms with van der Waals surface area (Å²) in [6, 6.07) is 10.6. The highest BCUT2D eigenvalue weighted by Crippen LogP contribution is 2.56. The topological polar surface area (TPSA) is 21.6 Å². The summed E-state index contributed by atoms with van der Waals surface area (Å²) in [4.78, 5) is 4.31. The largest absolute Gasteiger partial charge is 0.363 e. The SMILES string of the molecule is COC/N=C\[C@@]1(C)C(C)=C1C(C)c1ccccc1. The van der Waals surface area contributed by atoms with E-state index < -0.39 is 0 Å². The summed E-state index contributed by atoms with van der Waals surface area (Å²) in [5.41, 5.74) is 4.37. The number of nitrogens with zero attached hydrogens (tertiary/aromatic N) is 1. The second-order valence-corrected chi connectivity index (χ2v) is 5.10. The van der Waals surface area contributed by atoms with E-state index in [9.17, 15) is 0 Å². The van der Waals surface area contributed by atoms with Gasteiger partial charge in [0.1, 0.15) is 6.73 Å². The Balaban J connectivity index is 2.11. The first-order valence-electron chi connectivity index (χ1n) is 6.38. The van der Waals surface area contributed by atoms with Crippen LogP contribution in [0, 0.1) is 5.41 Å². The standard InChI is InChI=1S/C16H21NO/c1-12(14-8-6-5-7-9-14)15-13(2)16(15,3)10-17-11-18-4/h5-10,12H,11H2,1-4H3/b17-10-/t12?,16-/m0/s1. The Morgan fingerprint density at radius 1 is 1.33 bits per heavy atom. The van der Waals surface area contributed by atoms with Crippen LogP contribution in [0.1, 0.15) is 32.3 Å². The van der Waals surface area contributed by atoms with Crippen LogP contribution in [0.4, 0.5) is 0 Å². The second kappa shape index (κ2) is 5.07. The maximum absolute atomic E-state index is 4.96. The van der Waals surface area contributed by atoms with Gasteiger partial charge in [0.25, 0.3) is 0 Å². The second-order valence-electron chi connectivity index (χ2n) is 5.10. The minimum absolute atomic E-state index is 0.0633. The third-order valence-electron chi connectivity index (χ3n) is 3.97. The first-order chi connectivity index (χ1) is 8.61. The summed E-state index contributed by atoms with van der Waals surface area (Å²) in [7, 11) is 1.67. The third kappa shape index (κ3) is 2.25. The molecular weight excluding hydrogens is 222 g/mol. The van der Waals surface area contributed by atoms with E-state index in [0.29, 0.717) is 12.6 Å². The number of hydrogen-bond acceptors (Lipinski definition) is 2. The van der Waals surface area contributed by atoms with E-state index in [1.54, 1.807) is 7.11 Å². The van der Waals surface area contributed by atoms with Crippen molar-refractivity contribution in [3.63, 3.8) is 0 Å². The highest BCUT2D eigenvalue weighted by Gasteiger charge is 2.47. The summed E-state index contributed by atoms with van der Waals surface area (Å²) in [5, 5.41) is 0. The Hall–Kier alpha value is -1.41. The first kappa shape index (κ1) is 13.0. The zero-order valence-corrected chi connectivity index (χ0v) is 11.6. The Labute approximate surface area is 109 Å². The van der Waals surface area contributed by atoms with Gasteiger partial charge in [-0.25, -0.2) is 0 Å². The Kier molecular flexibility index (Phi) is 3.67. The van der Waals surface area contributed by atoms with Crippen molar-refractivity contribution < 1.29 is 4.74 Å². The summed E-state index contributed by atoms with van der Waals surface area (Å²) in [5.74, 6) is 0.463. The fourth-order valence-corrected chi connectivity index (χ4v) is 2.72. The molecule has 1 aromatic rings. The molecule has 96 valence electrons. The van der Waals surface area contributed by atoms with Crippen molar-refractivity contribution in [1.29, 1.82) is 0 Å². The smallest absolute Gasteiger partial charge is 0.136 e. The molecule has 1 aliphatic rings. The van der Waals surface area contributed by atoms with Crippen LogP contribution in [-0.4, -0.2) is 20.1 Å². The van der Waals surface area contributed by atoms with Gasteiger partial charge in [0, 0.05) is 24.7 Å². The Bertz CT molecular complexity index is 475. The van der Waals surface area contributed by atoms with Gasteiger partial charge in [0.15, 0.2) is 0 Å². The average Bonchev–Trinajstić information content (AvgIpc) is 2.92. The molecule has 1 aliphatic carbocycles. The Morgan fingerprint density at radius 2 is 2.00 bits per heavy atom. The fourth-order valence-electron chi connectivity index (χ4n) is 2.72. The molecule has 2 rings (SSSR count). The maximum Gasteiger partial charge on any atom is 0.136 e. The maximum atomic E-state index is 4.96. The third-order valence-corrected chi connectivity index (χ3v) is 3.97. The number of aliphatic imine (C=N–C) groups is 1. The number of benzene rings is 1. The molecule has 2 nitrogen and oxygen atoms in total. The Morgan fingerprint density at radius 3 is 2.61 bits per heavy atom. The van der Waals surface area contributed by atoms with Gasteiger partial charge in [-0.15, -0.1) is 0 Å². The lowest BCUT2D eigenvalue weighted by Crippen LogP contribution is -2.07. The molecule has 2 atom stereocenters. The summed E-state index contributed by atoms with van der Waals surface area (Å²) < 4.78 is 4.96. The molecule has 0 heterocycles. The number of rotatable bonds is 5. The van der Waals surface area contributed by atoms with Crippen LogP contribution < -0.4 is 0 Å². The summed E-state index contributed by atoms with van der Waals surface area (Å²) in [6.07, 6.45) is 2.03. The number of allylic oxidation sites excluding steroid dienone is 2. The quantitative estimate of drug-likeness (QED) is 0.569. The van der Waals surface area contributed by atoms with Crippen molar-refractivity contribution in [2.24, 2.45) is 10.4 Å². The lowest BCUT2D eigenvalue weighted by atomic mass is 9.91. The minimum atomic E-state index is 0.0633. The van der Waals surface area contributed by atoms with E-state index in [4.69, 9.17) is 4.74 Å². The molecule has 0 N–H and O–H groups in total. The number of methoxy groups -OCH3 is 1. The van der Waals surface area contributed by atoms with Crippen molar-refractivity contribution in [1.82, 2.24) is 0 Å². The van der Waals surface area contributed by atoms with Gasteiger partial charge in [-0.3, -0.25) is 4.99 Å². The molecule has 0 saturated carbocycles. The van der Waals surface area contributed by atoms with E-state index in [1.165, 1.54) is 16.7 Å². The monoisotopic (exact) mass is 243 g/mol. The molecule has 2 heteroatoms. The van der Waals surface area contributed by atoms with Crippen LogP contribution in [0.3, 0.4) is 0 Å². The molecule has 0 spiro atoms. The van der Waals surface area contributed by atoms with Crippen molar-refractivity contribution >= 4 is 6.21 Å². The van der Waals surface area contributed by atoms with Crippen molar-refractivity contribution in [3.05, 3.63) is 47.0 Å². The molecule has 0 radical (unpaired) electrons. The van der Waals surface area contributed by atoms with Crippen LogP contribution in [-0.2, 0) is 4.74 Å². The van der Waals surface area contributed by atoms with E-state index in [2.05, 4.69) is 56.1 Å². The van der Waals surface area contributed by atoms with Gasteiger partial charge < -0.3 is 4.74 Å². The van der Waals surface area contributed by atoms with E-state index in [1.807, 2.05) is 6.21 Å². The van der Waals surface area contributed by atoms with Crippen LogP contribution in [0.15, 0.2) is 46.5 Å². The molecule has 1 aromatic carbocycles. The summed E-state index contributed by atoms with van der Waals surface area (Å²) in [6.45, 7) is 7.14. The van der Waals surface area contributed by atoms with Gasteiger partial charge in [-0.05, 0) is 25.0 Å². The zero-order valence-electron chi connectivity index (χ0n) is 11.6. The molecule has 0 fully saturated rings. The zero-order chi connectivity index (χ0) is 13.2. The van der Waals surface area contributed by atoms with Gasteiger partial charge >= 0.3 is 0 Å². The molecule has 0 amide bonds. The molecule has 1 unspecified atom stereocenters. The molecule has 0 saturated heterocycles. The van der Waals surface area contributed by atoms with E-state index in [-0.39, 0.29) is 5.41 Å². The van der Waals surface area contributed by atoms with E-state index >= 15 is 0 Å². The number of ether oxygens (including phenoxy) is 1. The van der Waals surface area contributed by atoms with Crippen LogP contribution in [0.2, 0.25) is 0 Å². The van der Waals surface area contributed by atoms with E-state index in [0.717, 1.165) is 0 Å². The molecule has 0 bridgehead atoms. The van der Waals surface area contributed by atoms with Crippen LogP contribution in [0.25, 0.3) is 0 Å². The summed E-state index contributed by atoms with van der Waals surface area (Å²) >= 11 is 0. The van der Waals surface area contributed by atoms with Gasteiger partial charge in [-0.2, -0.15) is 0 Å². The predicted octanol–water partition coefficient (Wildman–Crippen LogP) is 3.80. The highest BCUT2D eigenvalue weighted by atomic mass is 16.5. The van der Waals surface area contributed by atoms with Crippen molar-refractivity contribution in [3.8, 4) is 0 Å². The van der Waals surface area contributed by atoms with Gasteiger partial charge in [0.2, 0.25) is 0 Å². The fraction of sp³-hybridized carbons (Fsp3) is 0.438. The highest BCUT2D eigenvalue weighted by molar-refractivity contribution is 5.84. The molecule has 18 heavy (non-hydrogen) atoms. The minimum Gasteiger partial charge on any atom is -0.363 e. The average molecular weight is 243 g/mol. The van der Waals surface area contributed by atoms with Crippen molar-refractivity contribution in [2.45, 2.75) is 26.7 Å². The lowest BCUT2D eigenvalue weighted by molar-refractivity contribution is 0.209. The lowest BCUT2D eigenvalue weighted by Gasteiger charge is -2.13. The van der Waals surface area contributed by atoms with Crippen LogP contribution in [0.5, 0.6) is 0 Å². The molecular formula is C16H21NO. The number of hydrogen-bond donors (Lipinski definition) is 0. The van der Waals surface area contributed by atoms with Gasteiger partial charge in [-0.1, -0.05) is 42.8 Å². The van der Waals surface area contributed by atoms with Crippen LogP contribution >= 0.6 is 0 Å². The molecule has 0 aliphatic heterocycles. The predicted molar refractivity (Wildman–Crippen MR) is 76.0 cm³/mol. The van der Waals surface area contributed by atoms with Gasteiger partial charge in [0.05, 0.1) is 0 Å². The first-order valence-corrected chi connectivity index (χ1v) is 6.38. The molecule has 0 aromatic heterocycles. The van der Waals surface area contributed by atoms with Crippen molar-refractivity contribution in [2.75, 3.05) is 13.8 Å². The normalized spacial score (nSPS) is 24.7.